The van der Waals surface area contributed by atoms with E-state index in [1.54, 1.807) is 55.6 Å². The third-order valence-corrected chi connectivity index (χ3v) is 5.51. The molecular weight excluding hydrogens is 406 g/mol. The zero-order valence-corrected chi connectivity index (χ0v) is 17.8. The molecule has 1 fully saturated rings. The van der Waals surface area contributed by atoms with Gasteiger partial charge in [-0.2, -0.15) is 0 Å². The second kappa shape index (κ2) is 8.98. The number of rotatable bonds is 6. The van der Waals surface area contributed by atoms with E-state index in [9.17, 15) is 14.7 Å². The zero-order chi connectivity index (χ0) is 22.7. The van der Waals surface area contributed by atoms with E-state index in [0.717, 1.165) is 5.56 Å². The first-order valence-corrected chi connectivity index (χ1v) is 10.1. The molecule has 1 amide bonds. The second-order valence-corrected chi connectivity index (χ2v) is 7.42. The molecule has 0 saturated carbocycles. The highest BCUT2D eigenvalue weighted by atomic mass is 16.5. The van der Waals surface area contributed by atoms with Crippen LogP contribution in [0.4, 0.5) is 0 Å². The molecule has 1 N–H and O–H groups in total. The maximum atomic E-state index is 13.1. The van der Waals surface area contributed by atoms with E-state index in [0.29, 0.717) is 22.6 Å². The highest BCUT2D eigenvalue weighted by Gasteiger charge is 2.46. The Morgan fingerprint density at radius 1 is 0.875 bits per heavy atom. The monoisotopic (exact) mass is 429 g/mol. The van der Waals surface area contributed by atoms with Crippen molar-refractivity contribution in [2.24, 2.45) is 0 Å². The summed E-state index contributed by atoms with van der Waals surface area (Å²) in [5, 5.41) is 11.1. The van der Waals surface area contributed by atoms with Crippen LogP contribution in [-0.4, -0.2) is 35.9 Å². The first-order chi connectivity index (χ1) is 15.5. The third kappa shape index (κ3) is 3.95. The predicted molar refractivity (Wildman–Crippen MR) is 120 cm³/mol. The van der Waals surface area contributed by atoms with Gasteiger partial charge in [0.05, 0.1) is 25.8 Å². The van der Waals surface area contributed by atoms with Crippen LogP contribution in [0.3, 0.4) is 0 Å². The predicted octanol–water partition coefficient (Wildman–Crippen LogP) is 4.33. The molecule has 0 bridgehead atoms. The average molecular weight is 429 g/mol. The molecule has 1 aliphatic heterocycles. The molecule has 1 atom stereocenters. The standard InChI is InChI=1S/C26H23NO5/c1-31-20-13-11-18(12-14-20)23-22(24(28)19-9-6-10-21(15-19)32-2)25(29)26(30)27(23)16-17-7-4-3-5-8-17/h3-15,23,28H,16H2,1-2H3. The molecule has 0 radical (unpaired) electrons. The molecule has 1 saturated heterocycles. The first-order valence-electron chi connectivity index (χ1n) is 10.1. The lowest BCUT2D eigenvalue weighted by Crippen LogP contribution is -2.29. The lowest BCUT2D eigenvalue weighted by atomic mass is 9.95. The Bertz CT molecular complexity index is 1170. The summed E-state index contributed by atoms with van der Waals surface area (Å²) in [6.07, 6.45) is 0. The molecular formula is C26H23NO5. The lowest BCUT2D eigenvalue weighted by molar-refractivity contribution is -0.140. The highest BCUT2D eigenvalue weighted by Crippen LogP contribution is 2.41. The summed E-state index contributed by atoms with van der Waals surface area (Å²) < 4.78 is 10.5. The van der Waals surface area contributed by atoms with Gasteiger partial charge in [-0.25, -0.2) is 0 Å². The number of hydrogen-bond donors (Lipinski definition) is 1. The Morgan fingerprint density at radius 2 is 1.56 bits per heavy atom. The molecule has 0 aromatic heterocycles. The average Bonchev–Trinajstić information content (AvgIpc) is 3.09. The number of aliphatic hydroxyl groups excluding tert-OH is 1. The SMILES string of the molecule is COc1ccc(C2C(=C(O)c3cccc(OC)c3)C(=O)C(=O)N2Cc2ccccc2)cc1. The van der Waals surface area contributed by atoms with Crippen LogP contribution in [0.15, 0.2) is 84.4 Å². The highest BCUT2D eigenvalue weighted by molar-refractivity contribution is 6.46. The van der Waals surface area contributed by atoms with Gasteiger partial charge in [0.25, 0.3) is 11.7 Å². The number of methoxy groups -OCH3 is 2. The molecule has 4 rings (SSSR count). The lowest BCUT2D eigenvalue weighted by Gasteiger charge is -2.25. The summed E-state index contributed by atoms with van der Waals surface area (Å²) in [7, 11) is 3.09. The van der Waals surface area contributed by atoms with Gasteiger partial charge in [-0.1, -0.05) is 54.6 Å². The van der Waals surface area contributed by atoms with Crippen molar-refractivity contribution in [2.45, 2.75) is 12.6 Å². The number of likely N-dealkylation sites (tertiary alicyclic amines) is 1. The van der Waals surface area contributed by atoms with Crippen LogP contribution in [0.1, 0.15) is 22.7 Å². The Hall–Kier alpha value is -4.06. The Labute approximate surface area is 186 Å². The molecule has 0 aliphatic carbocycles. The van der Waals surface area contributed by atoms with Crippen molar-refractivity contribution < 1.29 is 24.2 Å². The quantitative estimate of drug-likeness (QED) is 0.359. The molecule has 3 aromatic carbocycles. The zero-order valence-electron chi connectivity index (χ0n) is 17.8. The molecule has 0 spiro atoms. The Balaban J connectivity index is 1.85. The van der Waals surface area contributed by atoms with Crippen LogP contribution in [-0.2, 0) is 16.1 Å². The van der Waals surface area contributed by atoms with E-state index < -0.39 is 17.7 Å². The third-order valence-electron chi connectivity index (χ3n) is 5.51. The molecule has 6 heteroatoms. The van der Waals surface area contributed by atoms with E-state index in [2.05, 4.69) is 0 Å². The van der Waals surface area contributed by atoms with Crippen molar-refractivity contribution in [3.63, 3.8) is 0 Å². The number of carbonyl (C=O) groups is 2. The van der Waals surface area contributed by atoms with Crippen LogP contribution in [0.5, 0.6) is 11.5 Å². The minimum absolute atomic E-state index is 0.0457. The fraction of sp³-hybridized carbons (Fsp3) is 0.154. The van der Waals surface area contributed by atoms with Crippen molar-refractivity contribution in [1.29, 1.82) is 0 Å². The molecule has 1 aliphatic rings. The Kier molecular flexibility index (Phi) is 5.94. The van der Waals surface area contributed by atoms with Gasteiger partial charge >= 0.3 is 0 Å². The number of aliphatic hydroxyl groups is 1. The summed E-state index contributed by atoms with van der Waals surface area (Å²) in [5.41, 5.74) is 2.03. The fourth-order valence-electron chi connectivity index (χ4n) is 3.88. The van der Waals surface area contributed by atoms with Gasteiger partial charge in [0.2, 0.25) is 0 Å². The van der Waals surface area contributed by atoms with Crippen LogP contribution < -0.4 is 9.47 Å². The van der Waals surface area contributed by atoms with Gasteiger partial charge in [0.1, 0.15) is 17.3 Å². The molecule has 1 unspecified atom stereocenters. The van der Waals surface area contributed by atoms with Crippen LogP contribution in [0.2, 0.25) is 0 Å². The molecule has 32 heavy (non-hydrogen) atoms. The van der Waals surface area contributed by atoms with Gasteiger partial charge < -0.3 is 19.5 Å². The summed E-state index contributed by atoms with van der Waals surface area (Å²) >= 11 is 0. The molecule has 1 heterocycles. The van der Waals surface area contributed by atoms with Gasteiger partial charge in [0, 0.05) is 12.1 Å². The summed E-state index contributed by atoms with van der Waals surface area (Å²) in [5.74, 6) is -0.421. The van der Waals surface area contributed by atoms with E-state index in [-0.39, 0.29) is 17.9 Å². The van der Waals surface area contributed by atoms with Crippen molar-refractivity contribution in [1.82, 2.24) is 4.90 Å². The van der Waals surface area contributed by atoms with Gasteiger partial charge in [0.15, 0.2) is 0 Å². The van der Waals surface area contributed by atoms with Crippen LogP contribution >= 0.6 is 0 Å². The molecule has 6 nitrogen and oxygen atoms in total. The van der Waals surface area contributed by atoms with Crippen molar-refractivity contribution in [2.75, 3.05) is 14.2 Å². The van der Waals surface area contributed by atoms with Crippen LogP contribution in [0.25, 0.3) is 5.76 Å². The first kappa shape index (κ1) is 21.2. The second-order valence-electron chi connectivity index (χ2n) is 7.42. The number of Topliss-reactive ketones (excluding diaryl/α,β-unsaturated/α-hetero) is 1. The van der Waals surface area contributed by atoms with E-state index in [4.69, 9.17) is 9.47 Å². The summed E-state index contributed by atoms with van der Waals surface area (Å²) in [4.78, 5) is 27.7. The van der Waals surface area contributed by atoms with E-state index in [1.807, 2.05) is 30.3 Å². The van der Waals surface area contributed by atoms with Crippen molar-refractivity contribution >= 4 is 17.4 Å². The van der Waals surface area contributed by atoms with Crippen molar-refractivity contribution in [3.05, 3.63) is 101 Å². The Morgan fingerprint density at radius 3 is 2.22 bits per heavy atom. The number of amides is 1. The van der Waals surface area contributed by atoms with E-state index in [1.165, 1.54) is 12.0 Å². The minimum atomic E-state index is -0.743. The number of nitrogens with zero attached hydrogens (tertiary/aromatic N) is 1. The number of ether oxygens (including phenoxy) is 2. The number of carbonyl (C=O) groups excluding carboxylic acids is 2. The summed E-state index contributed by atoms with van der Waals surface area (Å²) in [6, 6.07) is 22.6. The smallest absolute Gasteiger partial charge is 0.295 e. The van der Waals surface area contributed by atoms with Gasteiger partial charge in [-0.15, -0.1) is 0 Å². The summed E-state index contributed by atoms with van der Waals surface area (Å²) in [6.45, 7) is 0.233. The maximum absolute atomic E-state index is 13.1. The number of benzene rings is 3. The minimum Gasteiger partial charge on any atom is -0.507 e. The topological polar surface area (TPSA) is 76.1 Å². The largest absolute Gasteiger partial charge is 0.507 e. The van der Waals surface area contributed by atoms with Crippen molar-refractivity contribution in [3.8, 4) is 11.5 Å². The van der Waals surface area contributed by atoms with Gasteiger partial charge in [-0.3, -0.25) is 9.59 Å². The normalized spacial score (nSPS) is 17.4. The number of hydrogen-bond acceptors (Lipinski definition) is 5. The molecule has 3 aromatic rings. The fourth-order valence-corrected chi connectivity index (χ4v) is 3.88. The van der Waals surface area contributed by atoms with Gasteiger partial charge in [-0.05, 0) is 35.4 Å². The molecule has 162 valence electrons. The van der Waals surface area contributed by atoms with Crippen LogP contribution in [0, 0.1) is 0 Å². The maximum Gasteiger partial charge on any atom is 0.295 e. The van der Waals surface area contributed by atoms with E-state index >= 15 is 0 Å². The number of ketones is 1.